The summed E-state index contributed by atoms with van der Waals surface area (Å²) < 4.78 is 5.56. The number of carbonyl (C=O) groups excluding carboxylic acids is 1. The Kier molecular flexibility index (Phi) is 5.85. The van der Waals surface area contributed by atoms with Crippen molar-refractivity contribution in [2.45, 2.75) is 65.1 Å². The number of ether oxygens (including phenoxy) is 1. The summed E-state index contributed by atoms with van der Waals surface area (Å²) in [7, 11) is 0. The molecular formula is C16H30N2O2. The Labute approximate surface area is 123 Å². The van der Waals surface area contributed by atoms with Gasteiger partial charge in [0, 0.05) is 19.1 Å². The van der Waals surface area contributed by atoms with E-state index in [1.165, 1.54) is 6.42 Å². The fourth-order valence-electron chi connectivity index (χ4n) is 3.35. The van der Waals surface area contributed by atoms with Gasteiger partial charge in [-0.1, -0.05) is 27.2 Å². The molecule has 4 nitrogen and oxygen atoms in total. The van der Waals surface area contributed by atoms with Crippen LogP contribution in [0.25, 0.3) is 0 Å². The summed E-state index contributed by atoms with van der Waals surface area (Å²) in [6, 6.07) is 0.0241. The maximum atomic E-state index is 12.6. The van der Waals surface area contributed by atoms with E-state index in [2.05, 4.69) is 31.0 Å². The Morgan fingerprint density at radius 2 is 2.25 bits per heavy atom. The number of rotatable bonds is 6. The second kappa shape index (κ2) is 7.41. The minimum Gasteiger partial charge on any atom is -0.381 e. The standard InChI is InChI=1S/C16H30N2O2/c1-4-6-15-17-14(9-12(2)3)16(19)18(15)10-13-7-5-8-20-11-13/h12-15,17H,4-11H2,1-3H3. The highest BCUT2D eigenvalue weighted by Crippen LogP contribution is 2.23. The summed E-state index contributed by atoms with van der Waals surface area (Å²) >= 11 is 0. The fourth-order valence-corrected chi connectivity index (χ4v) is 3.35. The maximum absolute atomic E-state index is 12.6. The van der Waals surface area contributed by atoms with Gasteiger partial charge in [0.25, 0.3) is 0 Å². The van der Waals surface area contributed by atoms with E-state index in [1.54, 1.807) is 0 Å². The summed E-state index contributed by atoms with van der Waals surface area (Å²) in [4.78, 5) is 14.7. The molecule has 3 unspecified atom stereocenters. The van der Waals surface area contributed by atoms with Crippen molar-refractivity contribution in [1.82, 2.24) is 10.2 Å². The summed E-state index contributed by atoms with van der Waals surface area (Å²) in [6.07, 6.45) is 5.66. The molecule has 0 aliphatic carbocycles. The summed E-state index contributed by atoms with van der Waals surface area (Å²) in [6.45, 7) is 9.12. The second-order valence-corrected chi connectivity index (χ2v) is 6.73. The molecule has 20 heavy (non-hydrogen) atoms. The molecule has 0 spiro atoms. The number of nitrogens with zero attached hydrogens (tertiary/aromatic N) is 1. The number of nitrogens with one attached hydrogen (secondary N) is 1. The summed E-state index contributed by atoms with van der Waals surface area (Å²) in [5.41, 5.74) is 0. The maximum Gasteiger partial charge on any atom is 0.241 e. The second-order valence-electron chi connectivity index (χ2n) is 6.73. The van der Waals surface area contributed by atoms with E-state index in [0.717, 1.165) is 45.4 Å². The van der Waals surface area contributed by atoms with Crippen molar-refractivity contribution in [3.8, 4) is 0 Å². The molecule has 0 aromatic carbocycles. The molecule has 2 fully saturated rings. The molecular weight excluding hydrogens is 252 g/mol. The molecule has 3 atom stereocenters. The first-order chi connectivity index (χ1) is 9.61. The molecule has 1 N–H and O–H groups in total. The lowest BCUT2D eigenvalue weighted by molar-refractivity contribution is -0.131. The molecule has 2 aliphatic heterocycles. The number of hydrogen-bond donors (Lipinski definition) is 1. The van der Waals surface area contributed by atoms with Crippen LogP contribution in [0.2, 0.25) is 0 Å². The molecule has 0 saturated carbocycles. The number of hydrogen-bond acceptors (Lipinski definition) is 3. The minimum absolute atomic E-state index is 0.0241. The van der Waals surface area contributed by atoms with Crippen molar-refractivity contribution in [2.24, 2.45) is 11.8 Å². The van der Waals surface area contributed by atoms with E-state index >= 15 is 0 Å². The Morgan fingerprint density at radius 3 is 2.85 bits per heavy atom. The Morgan fingerprint density at radius 1 is 1.45 bits per heavy atom. The van der Waals surface area contributed by atoms with E-state index < -0.39 is 0 Å². The van der Waals surface area contributed by atoms with Gasteiger partial charge in [-0.05, 0) is 31.6 Å². The summed E-state index contributed by atoms with van der Waals surface area (Å²) in [5, 5.41) is 3.55. The molecule has 0 radical (unpaired) electrons. The van der Waals surface area contributed by atoms with Gasteiger partial charge in [-0.2, -0.15) is 0 Å². The predicted molar refractivity (Wildman–Crippen MR) is 80.3 cm³/mol. The quantitative estimate of drug-likeness (QED) is 0.813. The number of amides is 1. The smallest absolute Gasteiger partial charge is 0.241 e. The van der Waals surface area contributed by atoms with Crippen LogP contribution in [0.1, 0.15) is 52.9 Å². The van der Waals surface area contributed by atoms with Crippen LogP contribution in [0.5, 0.6) is 0 Å². The van der Waals surface area contributed by atoms with Crippen LogP contribution in [-0.2, 0) is 9.53 Å². The highest BCUT2D eigenvalue weighted by molar-refractivity contribution is 5.84. The van der Waals surface area contributed by atoms with Crippen molar-refractivity contribution in [3.05, 3.63) is 0 Å². The lowest BCUT2D eigenvalue weighted by atomic mass is 10.0. The van der Waals surface area contributed by atoms with Crippen molar-refractivity contribution >= 4 is 5.91 Å². The SMILES string of the molecule is CCCC1NC(CC(C)C)C(=O)N1CC1CCCOC1. The minimum atomic E-state index is 0.0241. The van der Waals surface area contributed by atoms with E-state index in [9.17, 15) is 4.79 Å². The topological polar surface area (TPSA) is 41.6 Å². The molecule has 2 rings (SSSR count). The van der Waals surface area contributed by atoms with Crippen LogP contribution in [0.15, 0.2) is 0 Å². The third kappa shape index (κ3) is 3.95. The van der Waals surface area contributed by atoms with Gasteiger partial charge >= 0.3 is 0 Å². The zero-order valence-corrected chi connectivity index (χ0v) is 13.2. The van der Waals surface area contributed by atoms with Crippen LogP contribution < -0.4 is 5.32 Å². The van der Waals surface area contributed by atoms with Gasteiger partial charge in [0.05, 0.1) is 18.8 Å². The lowest BCUT2D eigenvalue weighted by Gasteiger charge is -2.30. The lowest BCUT2D eigenvalue weighted by Crippen LogP contribution is -2.42. The molecule has 4 heteroatoms. The van der Waals surface area contributed by atoms with Gasteiger partial charge in [-0.15, -0.1) is 0 Å². The van der Waals surface area contributed by atoms with Gasteiger partial charge in [0.15, 0.2) is 0 Å². The molecule has 116 valence electrons. The highest BCUT2D eigenvalue weighted by Gasteiger charge is 2.39. The average molecular weight is 282 g/mol. The molecule has 2 saturated heterocycles. The Balaban J connectivity index is 1.96. The van der Waals surface area contributed by atoms with Crippen molar-refractivity contribution < 1.29 is 9.53 Å². The van der Waals surface area contributed by atoms with E-state index in [-0.39, 0.29) is 12.2 Å². The van der Waals surface area contributed by atoms with Crippen molar-refractivity contribution in [2.75, 3.05) is 19.8 Å². The van der Waals surface area contributed by atoms with Gasteiger partial charge in [-0.25, -0.2) is 0 Å². The normalized spacial score (nSPS) is 31.3. The Bertz CT molecular complexity index is 314. The largest absolute Gasteiger partial charge is 0.381 e. The molecule has 0 aromatic heterocycles. The van der Waals surface area contributed by atoms with Crippen LogP contribution in [0.4, 0.5) is 0 Å². The van der Waals surface area contributed by atoms with Gasteiger partial charge in [0.1, 0.15) is 0 Å². The zero-order chi connectivity index (χ0) is 14.5. The first-order valence-electron chi connectivity index (χ1n) is 8.26. The van der Waals surface area contributed by atoms with Gasteiger partial charge in [-0.3, -0.25) is 10.1 Å². The van der Waals surface area contributed by atoms with Crippen LogP contribution in [0.3, 0.4) is 0 Å². The molecule has 2 heterocycles. The zero-order valence-electron chi connectivity index (χ0n) is 13.2. The monoisotopic (exact) mass is 282 g/mol. The van der Waals surface area contributed by atoms with Crippen molar-refractivity contribution in [1.29, 1.82) is 0 Å². The highest BCUT2D eigenvalue weighted by atomic mass is 16.5. The third-order valence-corrected chi connectivity index (χ3v) is 4.33. The Hall–Kier alpha value is -0.610. The number of carbonyl (C=O) groups is 1. The third-order valence-electron chi connectivity index (χ3n) is 4.33. The average Bonchev–Trinajstić information content (AvgIpc) is 2.69. The summed E-state index contributed by atoms with van der Waals surface area (Å²) in [5.74, 6) is 1.38. The van der Waals surface area contributed by atoms with E-state index in [0.29, 0.717) is 17.7 Å². The van der Waals surface area contributed by atoms with Crippen LogP contribution >= 0.6 is 0 Å². The van der Waals surface area contributed by atoms with E-state index in [1.807, 2.05) is 0 Å². The first-order valence-corrected chi connectivity index (χ1v) is 8.26. The molecule has 1 amide bonds. The predicted octanol–water partition coefficient (Wildman–Crippen LogP) is 2.39. The van der Waals surface area contributed by atoms with Gasteiger partial charge < -0.3 is 9.64 Å². The van der Waals surface area contributed by atoms with Crippen molar-refractivity contribution in [3.63, 3.8) is 0 Å². The van der Waals surface area contributed by atoms with Crippen LogP contribution in [-0.4, -0.2) is 42.8 Å². The first kappa shape index (κ1) is 15.8. The fraction of sp³-hybridized carbons (Fsp3) is 0.938. The van der Waals surface area contributed by atoms with Gasteiger partial charge in [0.2, 0.25) is 5.91 Å². The molecule has 0 bridgehead atoms. The molecule has 2 aliphatic rings. The van der Waals surface area contributed by atoms with E-state index in [4.69, 9.17) is 4.74 Å². The molecule has 0 aromatic rings. The van der Waals surface area contributed by atoms with Crippen LogP contribution in [0, 0.1) is 11.8 Å².